The second-order valence-electron chi connectivity index (χ2n) is 7.81. The average Bonchev–Trinajstić information content (AvgIpc) is 2.74. The van der Waals surface area contributed by atoms with Crippen molar-refractivity contribution in [3.8, 4) is 28.7 Å². The summed E-state index contributed by atoms with van der Waals surface area (Å²) >= 11 is 0. The third-order valence-corrected chi connectivity index (χ3v) is 4.69. The quantitative estimate of drug-likeness (QED) is 0.410. The van der Waals surface area contributed by atoms with Crippen molar-refractivity contribution in [3.05, 3.63) is 41.5 Å². The minimum absolute atomic E-state index is 0.0766. The summed E-state index contributed by atoms with van der Waals surface area (Å²) in [6.07, 6.45) is -2.84. The van der Waals surface area contributed by atoms with Crippen molar-refractivity contribution in [2.24, 2.45) is 0 Å². The molecule has 0 spiro atoms. The van der Waals surface area contributed by atoms with Crippen LogP contribution in [0.25, 0.3) is 0 Å². The molecule has 0 saturated carbocycles. The van der Waals surface area contributed by atoms with Crippen molar-refractivity contribution < 1.29 is 57.2 Å². The molecule has 0 radical (unpaired) electrons. The molecule has 0 saturated heterocycles. The zero-order valence-corrected chi connectivity index (χ0v) is 20.4. The van der Waals surface area contributed by atoms with Crippen LogP contribution in [0.2, 0.25) is 0 Å². The number of rotatable bonds is 6. The summed E-state index contributed by atoms with van der Waals surface area (Å²) in [5.41, 5.74) is -0.0188. The predicted molar refractivity (Wildman–Crippen MR) is 121 cm³/mol. The predicted octanol–water partition coefficient (Wildman–Crippen LogP) is 2.64. The molecule has 2 unspecified atom stereocenters. The molecule has 1 aliphatic heterocycles. The number of fused-ring (bicyclic) bond motifs is 1. The van der Waals surface area contributed by atoms with E-state index in [-0.39, 0.29) is 39.9 Å². The lowest BCUT2D eigenvalue weighted by molar-refractivity contribution is -0.149. The number of benzene rings is 2. The van der Waals surface area contributed by atoms with Gasteiger partial charge >= 0.3 is 29.8 Å². The van der Waals surface area contributed by atoms with Gasteiger partial charge in [0.1, 0.15) is 22.8 Å². The lowest BCUT2D eigenvalue weighted by Gasteiger charge is -2.33. The first-order valence-corrected chi connectivity index (χ1v) is 10.8. The monoisotopic (exact) mass is 514 g/mol. The summed E-state index contributed by atoms with van der Waals surface area (Å²) in [4.78, 5) is 71.6. The van der Waals surface area contributed by atoms with E-state index in [0.717, 1.165) is 40.7 Å². The van der Waals surface area contributed by atoms with Gasteiger partial charge in [0, 0.05) is 52.3 Å². The van der Waals surface area contributed by atoms with Crippen LogP contribution in [0.1, 0.15) is 56.6 Å². The fourth-order valence-corrected chi connectivity index (χ4v) is 3.55. The Bertz CT molecular complexity index is 1310. The van der Waals surface area contributed by atoms with Gasteiger partial charge in [-0.25, -0.2) is 0 Å². The molecular formula is C25H22O12. The molecule has 12 nitrogen and oxygen atoms in total. The molecule has 37 heavy (non-hydrogen) atoms. The highest BCUT2D eigenvalue weighted by molar-refractivity contribution is 6.07. The van der Waals surface area contributed by atoms with E-state index in [1.165, 1.54) is 24.3 Å². The van der Waals surface area contributed by atoms with E-state index in [1.54, 1.807) is 0 Å². The lowest BCUT2D eigenvalue weighted by atomic mass is 9.92. The number of esters is 5. The normalized spacial score (nSPS) is 16.0. The summed E-state index contributed by atoms with van der Waals surface area (Å²) < 4.78 is 31.7. The molecule has 1 heterocycles. The van der Waals surface area contributed by atoms with Gasteiger partial charge in [-0.1, -0.05) is 6.07 Å². The number of hydrogen-bond acceptors (Lipinski definition) is 12. The number of ether oxygens (including phenoxy) is 6. The number of hydrogen-bond donors (Lipinski definition) is 0. The first-order valence-electron chi connectivity index (χ1n) is 10.8. The highest BCUT2D eigenvalue weighted by Gasteiger charge is 2.43. The van der Waals surface area contributed by atoms with E-state index in [4.69, 9.17) is 28.4 Å². The standard InChI is InChI=1S/C25H22O12/c1-11(26)32-17-9-20(35-14(4)29)22-21(10-17)37-24(25(23(22)31)36-15(5)30)16-6-7-18(33-12(2)27)19(8-16)34-13(3)28/h6-10,24-25H,1-5H3. The zero-order valence-electron chi connectivity index (χ0n) is 20.4. The Morgan fingerprint density at radius 1 is 0.676 bits per heavy atom. The van der Waals surface area contributed by atoms with Gasteiger partial charge in [-0.2, -0.15) is 0 Å². The maximum absolute atomic E-state index is 13.5. The largest absolute Gasteiger partial charge is 0.480 e. The van der Waals surface area contributed by atoms with Crippen molar-refractivity contribution in [2.45, 2.75) is 46.8 Å². The fourth-order valence-electron chi connectivity index (χ4n) is 3.55. The first-order chi connectivity index (χ1) is 17.3. The lowest BCUT2D eigenvalue weighted by Crippen LogP contribution is -2.40. The van der Waals surface area contributed by atoms with Gasteiger partial charge in [0.25, 0.3) is 0 Å². The Balaban J connectivity index is 2.18. The van der Waals surface area contributed by atoms with E-state index < -0.39 is 47.8 Å². The fraction of sp³-hybridized carbons (Fsp3) is 0.280. The van der Waals surface area contributed by atoms with Gasteiger partial charge in [0.05, 0.1) is 0 Å². The highest BCUT2D eigenvalue weighted by atomic mass is 16.6. The van der Waals surface area contributed by atoms with E-state index in [2.05, 4.69) is 0 Å². The molecule has 0 amide bonds. The van der Waals surface area contributed by atoms with Crippen LogP contribution in [-0.4, -0.2) is 41.7 Å². The topological polar surface area (TPSA) is 158 Å². The highest BCUT2D eigenvalue weighted by Crippen LogP contribution is 2.45. The average molecular weight is 514 g/mol. The van der Waals surface area contributed by atoms with E-state index >= 15 is 0 Å². The van der Waals surface area contributed by atoms with Crippen LogP contribution in [0.5, 0.6) is 28.7 Å². The molecular weight excluding hydrogens is 492 g/mol. The molecule has 2 atom stereocenters. The van der Waals surface area contributed by atoms with Crippen LogP contribution in [-0.2, 0) is 28.7 Å². The number of carbonyl (C=O) groups is 6. The molecule has 2 aromatic rings. The Morgan fingerprint density at radius 3 is 1.81 bits per heavy atom. The van der Waals surface area contributed by atoms with E-state index in [9.17, 15) is 28.8 Å². The van der Waals surface area contributed by atoms with Gasteiger partial charge in [-0.3, -0.25) is 28.8 Å². The van der Waals surface area contributed by atoms with Gasteiger partial charge in [-0.15, -0.1) is 0 Å². The Labute approximate surface area is 210 Å². The van der Waals surface area contributed by atoms with Gasteiger partial charge in [0.15, 0.2) is 17.6 Å². The molecule has 0 aromatic heterocycles. The molecule has 0 fully saturated rings. The minimum atomic E-state index is -1.55. The number of carbonyl (C=O) groups excluding carboxylic acids is 6. The summed E-state index contributed by atoms with van der Waals surface area (Å²) in [6, 6.07) is 6.39. The Hall–Kier alpha value is -4.74. The van der Waals surface area contributed by atoms with E-state index in [0.29, 0.717) is 0 Å². The molecule has 0 N–H and O–H groups in total. The molecule has 1 aliphatic rings. The third-order valence-electron chi connectivity index (χ3n) is 4.69. The SMILES string of the molecule is CC(=O)Oc1cc(OC(C)=O)c2c(c1)OC(c1ccc(OC(C)=O)c(OC(C)=O)c1)C(OC(C)=O)C2=O. The second kappa shape index (κ2) is 10.9. The first kappa shape index (κ1) is 26.9. The van der Waals surface area contributed by atoms with Crippen LogP contribution >= 0.6 is 0 Å². The summed E-state index contributed by atoms with van der Waals surface area (Å²) in [7, 11) is 0. The zero-order chi connectivity index (χ0) is 27.4. The molecule has 3 rings (SSSR count). The van der Waals surface area contributed by atoms with Crippen LogP contribution in [0.15, 0.2) is 30.3 Å². The van der Waals surface area contributed by atoms with Crippen molar-refractivity contribution in [1.82, 2.24) is 0 Å². The van der Waals surface area contributed by atoms with Crippen LogP contribution in [0, 0.1) is 0 Å². The second-order valence-corrected chi connectivity index (χ2v) is 7.81. The maximum Gasteiger partial charge on any atom is 0.308 e. The van der Waals surface area contributed by atoms with Crippen LogP contribution < -0.4 is 23.7 Å². The van der Waals surface area contributed by atoms with Gasteiger partial charge in [-0.05, 0) is 12.1 Å². The summed E-state index contributed by atoms with van der Waals surface area (Å²) in [5.74, 6) is -5.14. The van der Waals surface area contributed by atoms with Crippen molar-refractivity contribution in [3.63, 3.8) is 0 Å². The molecule has 0 bridgehead atoms. The van der Waals surface area contributed by atoms with Crippen molar-refractivity contribution in [2.75, 3.05) is 0 Å². The summed E-state index contributed by atoms with van der Waals surface area (Å²) in [5, 5.41) is 0. The van der Waals surface area contributed by atoms with Crippen molar-refractivity contribution >= 4 is 35.6 Å². The minimum Gasteiger partial charge on any atom is -0.480 e. The third kappa shape index (κ3) is 6.48. The molecule has 194 valence electrons. The summed E-state index contributed by atoms with van der Waals surface area (Å²) in [6.45, 7) is 5.63. The van der Waals surface area contributed by atoms with Gasteiger partial charge < -0.3 is 28.4 Å². The molecule has 0 aliphatic carbocycles. The van der Waals surface area contributed by atoms with E-state index in [1.807, 2.05) is 0 Å². The smallest absolute Gasteiger partial charge is 0.308 e. The Morgan fingerprint density at radius 2 is 1.24 bits per heavy atom. The Kier molecular flexibility index (Phi) is 7.91. The van der Waals surface area contributed by atoms with Crippen LogP contribution in [0.4, 0.5) is 0 Å². The van der Waals surface area contributed by atoms with Crippen LogP contribution in [0.3, 0.4) is 0 Å². The number of Topliss-reactive ketones (excluding diaryl/α,β-unsaturated/α-hetero) is 1. The molecule has 2 aromatic carbocycles. The van der Waals surface area contributed by atoms with Gasteiger partial charge in [0.2, 0.25) is 11.9 Å². The molecule has 12 heteroatoms. The van der Waals surface area contributed by atoms with Crippen molar-refractivity contribution in [1.29, 1.82) is 0 Å². The maximum atomic E-state index is 13.5. The number of ketones is 1.